The van der Waals surface area contributed by atoms with Crippen LogP contribution in [0.2, 0.25) is 0 Å². The fraction of sp³-hybridized carbons (Fsp3) is 0.176. The van der Waals surface area contributed by atoms with Crippen LogP contribution in [-0.4, -0.2) is 28.7 Å². The molecule has 2 heterocycles. The van der Waals surface area contributed by atoms with Crippen LogP contribution in [0.3, 0.4) is 0 Å². The number of amides is 2. The van der Waals surface area contributed by atoms with E-state index in [9.17, 15) is 9.59 Å². The Morgan fingerprint density at radius 3 is 2.75 bits per heavy atom. The van der Waals surface area contributed by atoms with Crippen LogP contribution in [0.4, 0.5) is 5.69 Å². The molecule has 0 aliphatic carbocycles. The quantitative estimate of drug-likeness (QED) is 0.880. The number of hydrogen-bond donors (Lipinski definition) is 2. The fourth-order valence-corrected chi connectivity index (χ4v) is 2.27. The zero-order chi connectivity index (χ0) is 16.9. The molecule has 7 nitrogen and oxygen atoms in total. The molecule has 0 saturated heterocycles. The van der Waals surface area contributed by atoms with Crippen LogP contribution in [0.25, 0.3) is 0 Å². The van der Waals surface area contributed by atoms with E-state index in [1.807, 2.05) is 24.3 Å². The van der Waals surface area contributed by atoms with Gasteiger partial charge in [0.25, 0.3) is 11.8 Å². The summed E-state index contributed by atoms with van der Waals surface area (Å²) in [7, 11) is 0. The van der Waals surface area contributed by atoms with Gasteiger partial charge in [0.05, 0.1) is 5.69 Å². The molecular formula is C17H17N5O2. The third-order valence-corrected chi connectivity index (χ3v) is 3.52. The molecular weight excluding hydrogens is 306 g/mol. The molecule has 3 rings (SSSR count). The predicted molar refractivity (Wildman–Crippen MR) is 90.0 cm³/mol. The van der Waals surface area contributed by atoms with E-state index in [2.05, 4.69) is 20.7 Å². The van der Waals surface area contributed by atoms with Crippen LogP contribution < -0.4 is 15.8 Å². The molecule has 0 spiro atoms. The second kappa shape index (κ2) is 6.91. The van der Waals surface area contributed by atoms with Gasteiger partial charge in [-0.15, -0.1) is 0 Å². The van der Waals surface area contributed by atoms with Crippen LogP contribution in [0.5, 0.6) is 0 Å². The number of carbonyl (C=O) groups is 2. The molecule has 1 atom stereocenters. The maximum atomic E-state index is 12.3. The molecule has 2 amide bonds. The molecule has 122 valence electrons. The van der Waals surface area contributed by atoms with E-state index in [1.165, 1.54) is 5.01 Å². The van der Waals surface area contributed by atoms with E-state index in [-0.39, 0.29) is 17.6 Å². The van der Waals surface area contributed by atoms with E-state index in [0.29, 0.717) is 12.2 Å². The van der Waals surface area contributed by atoms with Crippen LogP contribution in [0, 0.1) is 0 Å². The van der Waals surface area contributed by atoms with Gasteiger partial charge in [-0.25, -0.2) is 10.0 Å². The first kappa shape index (κ1) is 15.7. The number of nitrogens with zero attached hydrogens (tertiary/aromatic N) is 3. The number of rotatable bonds is 4. The highest BCUT2D eigenvalue weighted by molar-refractivity contribution is 6.39. The maximum absolute atomic E-state index is 12.3. The van der Waals surface area contributed by atoms with Crippen LogP contribution >= 0.6 is 0 Å². The Morgan fingerprint density at radius 2 is 2.04 bits per heavy atom. The first-order valence-corrected chi connectivity index (χ1v) is 7.56. The van der Waals surface area contributed by atoms with Gasteiger partial charge in [-0.3, -0.25) is 20.0 Å². The lowest BCUT2D eigenvalue weighted by Crippen LogP contribution is -2.57. The molecule has 0 radical (unpaired) electrons. The summed E-state index contributed by atoms with van der Waals surface area (Å²) in [5.41, 5.74) is 4.33. The minimum atomic E-state index is -0.634. The number of amidine groups is 1. The molecule has 7 heteroatoms. The highest BCUT2D eigenvalue weighted by Crippen LogP contribution is 2.15. The Kier molecular flexibility index (Phi) is 4.51. The van der Waals surface area contributed by atoms with Gasteiger partial charge >= 0.3 is 0 Å². The summed E-state index contributed by atoms with van der Waals surface area (Å²) in [4.78, 5) is 32.8. The third kappa shape index (κ3) is 3.40. The number of hydrogen-bond acceptors (Lipinski definition) is 5. The van der Waals surface area contributed by atoms with Crippen molar-refractivity contribution in [3.8, 4) is 0 Å². The minimum absolute atomic E-state index is 0.106. The number of para-hydroxylation sites is 1. The molecule has 0 saturated carbocycles. The number of hydrazine groups is 1. The zero-order valence-electron chi connectivity index (χ0n) is 13.1. The van der Waals surface area contributed by atoms with Crippen molar-refractivity contribution < 1.29 is 9.59 Å². The molecule has 0 bridgehead atoms. The SMILES string of the molecule is CC1N=C(C(=O)NCc2cccnc2)NN(c2ccccc2)C1=O. The number of pyridine rings is 1. The van der Waals surface area contributed by atoms with Gasteiger partial charge in [0.15, 0.2) is 0 Å². The second-order valence-electron chi connectivity index (χ2n) is 5.32. The number of aliphatic imine (C=N–C) groups is 1. The lowest BCUT2D eigenvalue weighted by Gasteiger charge is -2.30. The lowest BCUT2D eigenvalue weighted by molar-refractivity contribution is -0.120. The largest absolute Gasteiger partial charge is 0.345 e. The van der Waals surface area contributed by atoms with Crippen molar-refractivity contribution in [2.75, 3.05) is 5.01 Å². The van der Waals surface area contributed by atoms with Crippen molar-refractivity contribution in [3.05, 3.63) is 60.4 Å². The topological polar surface area (TPSA) is 86.7 Å². The van der Waals surface area contributed by atoms with E-state index in [1.54, 1.807) is 37.5 Å². The van der Waals surface area contributed by atoms with E-state index in [4.69, 9.17) is 0 Å². The average molecular weight is 323 g/mol. The predicted octanol–water partition coefficient (Wildman–Crippen LogP) is 1.04. The lowest BCUT2D eigenvalue weighted by atomic mass is 10.2. The third-order valence-electron chi connectivity index (χ3n) is 3.52. The number of nitrogens with one attached hydrogen (secondary N) is 2. The number of aromatic nitrogens is 1. The number of benzene rings is 1. The molecule has 1 unspecified atom stereocenters. The summed E-state index contributed by atoms with van der Waals surface area (Å²) in [5.74, 6) is -0.487. The first-order valence-electron chi connectivity index (χ1n) is 7.56. The molecule has 2 aromatic rings. The van der Waals surface area contributed by atoms with Gasteiger partial charge in [-0.1, -0.05) is 24.3 Å². The summed E-state index contributed by atoms with van der Waals surface area (Å²) in [5, 5.41) is 4.11. The van der Waals surface area contributed by atoms with Crippen molar-refractivity contribution in [2.45, 2.75) is 19.5 Å². The van der Waals surface area contributed by atoms with Gasteiger partial charge in [-0.2, -0.15) is 0 Å². The molecule has 1 aliphatic rings. The van der Waals surface area contributed by atoms with Crippen LogP contribution in [-0.2, 0) is 16.1 Å². The van der Waals surface area contributed by atoms with Crippen LogP contribution in [0.1, 0.15) is 12.5 Å². The Balaban J connectivity index is 1.72. The number of anilines is 1. The standard InChI is InChI=1S/C17H17N5O2/c1-12-17(24)22(14-7-3-2-4-8-14)21-15(20-12)16(23)19-11-13-6-5-9-18-10-13/h2-10,12H,11H2,1H3,(H,19,23)(H,20,21). The van der Waals surface area contributed by atoms with Crippen LogP contribution in [0.15, 0.2) is 59.9 Å². The van der Waals surface area contributed by atoms with Gasteiger partial charge in [0.2, 0.25) is 5.84 Å². The fourth-order valence-electron chi connectivity index (χ4n) is 2.27. The Hall–Kier alpha value is -3.22. The highest BCUT2D eigenvalue weighted by Gasteiger charge is 2.30. The van der Waals surface area contributed by atoms with Crippen molar-refractivity contribution >= 4 is 23.3 Å². The Bertz CT molecular complexity index is 761. The summed E-state index contributed by atoms with van der Waals surface area (Å²) in [6.45, 7) is 1.99. The molecule has 2 N–H and O–H groups in total. The molecule has 0 fully saturated rings. The molecule has 1 aromatic heterocycles. The molecule has 1 aromatic carbocycles. The molecule has 1 aliphatic heterocycles. The summed E-state index contributed by atoms with van der Waals surface area (Å²) >= 11 is 0. The van der Waals surface area contributed by atoms with Gasteiger partial charge in [0, 0.05) is 18.9 Å². The van der Waals surface area contributed by atoms with E-state index in [0.717, 1.165) is 5.56 Å². The average Bonchev–Trinajstić information content (AvgIpc) is 2.63. The van der Waals surface area contributed by atoms with Crippen molar-refractivity contribution in [1.29, 1.82) is 0 Å². The van der Waals surface area contributed by atoms with Gasteiger partial charge in [-0.05, 0) is 30.7 Å². The van der Waals surface area contributed by atoms with Crippen molar-refractivity contribution in [1.82, 2.24) is 15.7 Å². The first-order chi connectivity index (χ1) is 11.6. The smallest absolute Gasteiger partial charge is 0.288 e. The Morgan fingerprint density at radius 1 is 1.25 bits per heavy atom. The normalized spacial score (nSPS) is 17.0. The number of carbonyl (C=O) groups excluding carboxylic acids is 2. The highest BCUT2D eigenvalue weighted by atomic mass is 16.2. The zero-order valence-corrected chi connectivity index (χ0v) is 13.1. The van der Waals surface area contributed by atoms with Gasteiger partial charge in [0.1, 0.15) is 6.04 Å². The summed E-state index contributed by atoms with van der Waals surface area (Å²) < 4.78 is 0. The van der Waals surface area contributed by atoms with Crippen molar-refractivity contribution in [3.63, 3.8) is 0 Å². The Labute approximate surface area is 139 Å². The summed E-state index contributed by atoms with van der Waals surface area (Å²) in [6, 6.07) is 12.1. The van der Waals surface area contributed by atoms with E-state index >= 15 is 0 Å². The van der Waals surface area contributed by atoms with Gasteiger partial charge < -0.3 is 5.32 Å². The maximum Gasteiger partial charge on any atom is 0.288 e. The monoisotopic (exact) mass is 323 g/mol. The summed E-state index contributed by atoms with van der Waals surface area (Å²) in [6.07, 6.45) is 3.35. The van der Waals surface area contributed by atoms with E-state index < -0.39 is 6.04 Å². The molecule has 24 heavy (non-hydrogen) atoms. The minimum Gasteiger partial charge on any atom is -0.345 e. The van der Waals surface area contributed by atoms with Crippen molar-refractivity contribution in [2.24, 2.45) is 4.99 Å². The second-order valence-corrected chi connectivity index (χ2v) is 5.32.